The molecule has 3 aromatic rings. The SMILES string of the molecule is CC(=O)c1cc(C)ccc1Oc1ccc(-c2cccc([C@H]3COC(C)(C)O3)n2)cc1. The lowest BCUT2D eigenvalue weighted by Crippen LogP contribution is -2.19. The van der Waals surface area contributed by atoms with Crippen molar-refractivity contribution in [2.45, 2.75) is 39.6 Å². The standard InChI is InChI=1S/C25H25NO4/c1-16-8-13-23(20(14-16)17(2)27)29-19-11-9-18(10-12-19)21-6-5-7-22(26-21)24-15-28-25(3,4)30-24/h5-14,24H,15H2,1-4H3/t24-/m1/s1. The smallest absolute Gasteiger partial charge is 0.163 e. The van der Waals surface area contributed by atoms with Crippen molar-refractivity contribution in [2.24, 2.45) is 0 Å². The Morgan fingerprint density at radius 1 is 1.10 bits per heavy atom. The number of aryl methyl sites for hydroxylation is 1. The summed E-state index contributed by atoms with van der Waals surface area (Å²) in [6, 6.07) is 19.2. The van der Waals surface area contributed by atoms with Crippen LogP contribution in [0.25, 0.3) is 11.3 Å². The molecule has 0 aliphatic carbocycles. The molecule has 1 aliphatic rings. The zero-order chi connectivity index (χ0) is 21.3. The summed E-state index contributed by atoms with van der Waals surface area (Å²) >= 11 is 0. The Labute approximate surface area is 176 Å². The van der Waals surface area contributed by atoms with Crippen molar-refractivity contribution in [3.8, 4) is 22.8 Å². The zero-order valence-electron chi connectivity index (χ0n) is 17.6. The molecular weight excluding hydrogens is 378 g/mol. The molecule has 0 bridgehead atoms. The fraction of sp³-hybridized carbons (Fsp3) is 0.280. The Bertz CT molecular complexity index is 1070. The van der Waals surface area contributed by atoms with Crippen LogP contribution in [0.3, 0.4) is 0 Å². The van der Waals surface area contributed by atoms with Crippen molar-refractivity contribution in [3.63, 3.8) is 0 Å². The van der Waals surface area contributed by atoms with Gasteiger partial charge >= 0.3 is 0 Å². The third-order valence-corrected chi connectivity index (χ3v) is 5.00. The lowest BCUT2D eigenvalue weighted by molar-refractivity contribution is -0.139. The first-order valence-corrected chi connectivity index (χ1v) is 9.99. The van der Waals surface area contributed by atoms with Crippen molar-refractivity contribution in [1.82, 2.24) is 4.98 Å². The van der Waals surface area contributed by atoms with Crippen LogP contribution in [0.15, 0.2) is 60.7 Å². The summed E-state index contributed by atoms with van der Waals surface area (Å²) in [5.41, 5.74) is 4.28. The Balaban J connectivity index is 1.54. The quantitative estimate of drug-likeness (QED) is 0.498. The summed E-state index contributed by atoms with van der Waals surface area (Å²) < 4.78 is 17.5. The summed E-state index contributed by atoms with van der Waals surface area (Å²) in [4.78, 5) is 16.7. The predicted octanol–water partition coefficient (Wildman–Crippen LogP) is 5.88. The van der Waals surface area contributed by atoms with Gasteiger partial charge in [-0.25, -0.2) is 4.98 Å². The third kappa shape index (κ3) is 4.42. The number of ketones is 1. The van der Waals surface area contributed by atoms with Gasteiger partial charge in [-0.3, -0.25) is 4.79 Å². The van der Waals surface area contributed by atoms with Crippen molar-refractivity contribution >= 4 is 5.78 Å². The molecule has 1 aromatic heterocycles. The molecule has 1 fully saturated rings. The van der Waals surface area contributed by atoms with Crippen molar-refractivity contribution in [3.05, 3.63) is 77.5 Å². The van der Waals surface area contributed by atoms with E-state index in [4.69, 9.17) is 19.2 Å². The first-order valence-electron chi connectivity index (χ1n) is 9.99. The number of benzene rings is 2. The minimum Gasteiger partial charge on any atom is -0.457 e. The maximum Gasteiger partial charge on any atom is 0.163 e. The van der Waals surface area contributed by atoms with Crippen LogP contribution in [0.4, 0.5) is 0 Å². The summed E-state index contributed by atoms with van der Waals surface area (Å²) in [7, 11) is 0. The van der Waals surface area contributed by atoms with Crippen LogP contribution in [0.2, 0.25) is 0 Å². The van der Waals surface area contributed by atoms with E-state index in [-0.39, 0.29) is 11.9 Å². The molecule has 154 valence electrons. The average Bonchev–Trinajstić information content (AvgIpc) is 3.10. The molecule has 1 atom stereocenters. The van der Waals surface area contributed by atoms with Crippen molar-refractivity contribution in [2.75, 3.05) is 6.61 Å². The first kappa shape index (κ1) is 20.3. The highest BCUT2D eigenvalue weighted by atomic mass is 16.7. The van der Waals surface area contributed by atoms with Gasteiger partial charge in [0.1, 0.15) is 17.6 Å². The summed E-state index contributed by atoms with van der Waals surface area (Å²) in [6.07, 6.45) is -0.172. The molecule has 5 heteroatoms. The minimum atomic E-state index is -0.587. The number of rotatable bonds is 5. The molecule has 0 unspecified atom stereocenters. The highest BCUT2D eigenvalue weighted by Gasteiger charge is 2.34. The molecule has 2 heterocycles. The maximum absolute atomic E-state index is 11.9. The van der Waals surface area contributed by atoms with Crippen LogP contribution in [-0.4, -0.2) is 23.2 Å². The van der Waals surface area contributed by atoms with Gasteiger partial charge in [0, 0.05) is 5.56 Å². The first-order chi connectivity index (χ1) is 14.3. The number of pyridine rings is 1. The summed E-state index contributed by atoms with van der Waals surface area (Å²) in [5, 5.41) is 0. The van der Waals surface area contributed by atoms with E-state index in [2.05, 4.69) is 0 Å². The lowest BCUT2D eigenvalue weighted by Gasteiger charge is -2.17. The molecule has 0 spiro atoms. The second-order valence-corrected chi connectivity index (χ2v) is 7.95. The van der Waals surface area contributed by atoms with Crippen molar-refractivity contribution in [1.29, 1.82) is 0 Å². The van der Waals surface area contributed by atoms with E-state index in [1.165, 1.54) is 0 Å². The van der Waals surface area contributed by atoms with E-state index in [9.17, 15) is 4.79 Å². The molecule has 1 saturated heterocycles. The van der Waals surface area contributed by atoms with Crippen LogP contribution in [0.5, 0.6) is 11.5 Å². The average molecular weight is 403 g/mol. The Hall–Kier alpha value is -3.02. The highest BCUT2D eigenvalue weighted by molar-refractivity contribution is 5.97. The van der Waals surface area contributed by atoms with E-state index >= 15 is 0 Å². The van der Waals surface area contributed by atoms with E-state index in [1.807, 2.05) is 81.4 Å². The van der Waals surface area contributed by atoms with Crippen LogP contribution >= 0.6 is 0 Å². The van der Waals surface area contributed by atoms with Crippen molar-refractivity contribution < 1.29 is 19.0 Å². The number of hydrogen-bond acceptors (Lipinski definition) is 5. The molecule has 1 aliphatic heterocycles. The Morgan fingerprint density at radius 3 is 2.53 bits per heavy atom. The number of Topliss-reactive ketones (excluding diaryl/α,β-unsaturated/α-hetero) is 1. The second kappa shape index (κ2) is 8.01. The number of aromatic nitrogens is 1. The molecule has 0 radical (unpaired) electrons. The second-order valence-electron chi connectivity index (χ2n) is 7.95. The zero-order valence-corrected chi connectivity index (χ0v) is 17.6. The molecule has 0 saturated carbocycles. The molecule has 30 heavy (non-hydrogen) atoms. The number of hydrogen-bond donors (Lipinski definition) is 0. The van der Waals surface area contributed by atoms with Crippen LogP contribution in [-0.2, 0) is 9.47 Å². The molecular formula is C25H25NO4. The molecule has 0 N–H and O–H groups in total. The topological polar surface area (TPSA) is 57.7 Å². The normalized spacial score (nSPS) is 17.7. The van der Waals surface area contributed by atoms with Gasteiger partial charge in [-0.15, -0.1) is 0 Å². The number of carbonyl (C=O) groups is 1. The number of ether oxygens (including phenoxy) is 3. The van der Waals surface area contributed by atoms with E-state index < -0.39 is 5.79 Å². The van der Waals surface area contributed by atoms with Crippen LogP contribution in [0, 0.1) is 6.92 Å². The minimum absolute atomic E-state index is 0.0207. The van der Waals surface area contributed by atoms with Gasteiger partial charge in [0.05, 0.1) is 23.6 Å². The van der Waals surface area contributed by atoms with Gasteiger partial charge in [0.2, 0.25) is 0 Å². The fourth-order valence-corrected chi connectivity index (χ4v) is 3.45. The van der Waals surface area contributed by atoms with Gasteiger partial charge in [0.15, 0.2) is 11.6 Å². The molecule has 5 nitrogen and oxygen atoms in total. The van der Waals surface area contributed by atoms with Gasteiger partial charge in [0.25, 0.3) is 0 Å². The highest BCUT2D eigenvalue weighted by Crippen LogP contribution is 2.33. The third-order valence-electron chi connectivity index (χ3n) is 5.00. The maximum atomic E-state index is 11.9. The summed E-state index contributed by atoms with van der Waals surface area (Å²) in [5.74, 6) is 0.612. The Morgan fingerprint density at radius 2 is 1.87 bits per heavy atom. The van der Waals surface area contributed by atoms with Gasteiger partial charge in [-0.1, -0.05) is 17.7 Å². The molecule has 2 aromatic carbocycles. The molecule has 4 rings (SSSR count). The van der Waals surface area contributed by atoms with E-state index in [1.54, 1.807) is 6.92 Å². The van der Waals surface area contributed by atoms with Gasteiger partial charge in [-0.05, 0) is 76.2 Å². The fourth-order valence-electron chi connectivity index (χ4n) is 3.45. The largest absolute Gasteiger partial charge is 0.457 e. The summed E-state index contributed by atoms with van der Waals surface area (Å²) in [6.45, 7) is 7.80. The van der Waals surface area contributed by atoms with Crippen LogP contribution in [0.1, 0.15) is 48.5 Å². The lowest BCUT2D eigenvalue weighted by atomic mass is 10.1. The van der Waals surface area contributed by atoms with Gasteiger partial charge in [-0.2, -0.15) is 0 Å². The monoisotopic (exact) mass is 403 g/mol. The van der Waals surface area contributed by atoms with Gasteiger partial charge < -0.3 is 14.2 Å². The van der Waals surface area contributed by atoms with E-state index in [0.29, 0.717) is 23.7 Å². The number of nitrogens with zero attached hydrogens (tertiary/aromatic N) is 1. The molecule has 0 amide bonds. The van der Waals surface area contributed by atoms with Crippen LogP contribution < -0.4 is 4.74 Å². The Kier molecular flexibility index (Phi) is 5.41. The van der Waals surface area contributed by atoms with E-state index in [0.717, 1.165) is 22.5 Å². The predicted molar refractivity (Wildman–Crippen MR) is 115 cm³/mol. The number of carbonyl (C=O) groups excluding carboxylic acids is 1.